The van der Waals surface area contributed by atoms with Crippen molar-refractivity contribution in [2.45, 2.75) is 25.8 Å². The number of carbonyl (C=O) groups excluding carboxylic acids is 1. The summed E-state index contributed by atoms with van der Waals surface area (Å²) in [5, 5.41) is 19.8. The molecule has 1 rings (SSSR count). The fourth-order valence-electron chi connectivity index (χ4n) is 1.66. The van der Waals surface area contributed by atoms with Crippen LogP contribution in [0.25, 0.3) is 0 Å². The summed E-state index contributed by atoms with van der Waals surface area (Å²) in [5.74, 6) is -1.17. The van der Waals surface area contributed by atoms with E-state index in [1.165, 1.54) is 16.2 Å². The van der Waals surface area contributed by atoms with Gasteiger partial charge in [-0.2, -0.15) is 0 Å². The normalized spacial score (nSPS) is 12.1. The van der Waals surface area contributed by atoms with E-state index in [1.807, 2.05) is 6.92 Å². The molecule has 1 aromatic rings. The summed E-state index contributed by atoms with van der Waals surface area (Å²) in [6, 6.07) is 3.14. The largest absolute Gasteiger partial charge is 0.481 e. The van der Waals surface area contributed by atoms with Gasteiger partial charge in [-0.3, -0.25) is 9.59 Å². The predicted molar refractivity (Wildman–Crippen MR) is 68.8 cm³/mol. The summed E-state index contributed by atoms with van der Waals surface area (Å²) in [6.07, 6.45) is 0.473. The van der Waals surface area contributed by atoms with Crippen molar-refractivity contribution in [3.8, 4) is 0 Å². The molecule has 18 heavy (non-hydrogen) atoms. The molecule has 1 atom stereocenters. The lowest BCUT2D eigenvalue weighted by molar-refractivity contribution is -0.137. The van der Waals surface area contributed by atoms with Gasteiger partial charge in [0, 0.05) is 6.54 Å². The molecule has 0 saturated carbocycles. The first-order valence-corrected chi connectivity index (χ1v) is 6.65. The Bertz CT molecular complexity index is 387. The number of thiophene rings is 1. The number of amides is 1. The molecule has 0 radical (unpaired) electrons. The SMILES string of the molecule is CCC(CO)N(CCC(=O)O)C(=O)c1cccs1. The Morgan fingerprint density at radius 3 is 2.67 bits per heavy atom. The van der Waals surface area contributed by atoms with Crippen molar-refractivity contribution in [3.63, 3.8) is 0 Å². The van der Waals surface area contributed by atoms with Crippen LogP contribution >= 0.6 is 11.3 Å². The lowest BCUT2D eigenvalue weighted by Crippen LogP contribution is -2.43. The van der Waals surface area contributed by atoms with Gasteiger partial charge in [0.05, 0.1) is 23.9 Å². The summed E-state index contributed by atoms with van der Waals surface area (Å²) in [4.78, 5) is 24.8. The fourth-order valence-corrected chi connectivity index (χ4v) is 2.33. The molecule has 0 saturated heterocycles. The van der Waals surface area contributed by atoms with Crippen LogP contribution in [-0.4, -0.2) is 46.2 Å². The second-order valence-corrected chi connectivity index (χ2v) is 4.81. The van der Waals surface area contributed by atoms with Crippen molar-refractivity contribution in [1.82, 2.24) is 4.90 Å². The lowest BCUT2D eigenvalue weighted by Gasteiger charge is -2.29. The van der Waals surface area contributed by atoms with Crippen LogP contribution in [0.4, 0.5) is 0 Å². The van der Waals surface area contributed by atoms with E-state index in [1.54, 1.807) is 17.5 Å². The zero-order valence-electron chi connectivity index (χ0n) is 10.2. The van der Waals surface area contributed by atoms with Gasteiger partial charge in [-0.05, 0) is 17.9 Å². The van der Waals surface area contributed by atoms with Gasteiger partial charge in [-0.15, -0.1) is 11.3 Å². The number of aliphatic hydroxyl groups is 1. The van der Waals surface area contributed by atoms with E-state index in [0.29, 0.717) is 11.3 Å². The molecule has 5 nitrogen and oxygen atoms in total. The summed E-state index contributed by atoms with van der Waals surface area (Å²) in [7, 11) is 0. The van der Waals surface area contributed by atoms with Gasteiger partial charge in [-0.25, -0.2) is 0 Å². The van der Waals surface area contributed by atoms with Gasteiger partial charge in [-0.1, -0.05) is 13.0 Å². The molecule has 1 amide bonds. The zero-order valence-corrected chi connectivity index (χ0v) is 11.0. The van der Waals surface area contributed by atoms with Gasteiger partial charge >= 0.3 is 5.97 Å². The third-order valence-corrected chi connectivity index (χ3v) is 3.54. The number of nitrogens with zero attached hydrogens (tertiary/aromatic N) is 1. The van der Waals surface area contributed by atoms with E-state index in [2.05, 4.69) is 0 Å². The Balaban J connectivity index is 2.82. The second-order valence-electron chi connectivity index (χ2n) is 3.86. The molecule has 0 aliphatic carbocycles. The minimum absolute atomic E-state index is 0.116. The Labute approximate surface area is 110 Å². The van der Waals surface area contributed by atoms with Crippen molar-refractivity contribution in [2.75, 3.05) is 13.2 Å². The van der Waals surface area contributed by atoms with Gasteiger partial charge < -0.3 is 15.1 Å². The van der Waals surface area contributed by atoms with E-state index >= 15 is 0 Å². The van der Waals surface area contributed by atoms with E-state index in [-0.39, 0.29) is 31.5 Å². The third-order valence-electron chi connectivity index (χ3n) is 2.68. The van der Waals surface area contributed by atoms with E-state index in [0.717, 1.165) is 0 Å². The molecular formula is C12H17NO4S. The highest BCUT2D eigenvalue weighted by atomic mass is 32.1. The monoisotopic (exact) mass is 271 g/mol. The first-order valence-electron chi connectivity index (χ1n) is 5.77. The molecule has 0 aliphatic rings. The number of hydrogen-bond acceptors (Lipinski definition) is 4. The summed E-state index contributed by atoms with van der Waals surface area (Å²) in [5.41, 5.74) is 0. The third kappa shape index (κ3) is 3.82. The number of aliphatic carboxylic acids is 1. The standard InChI is InChI=1S/C12H17NO4S/c1-2-9(8-14)13(6-5-11(15)16)12(17)10-4-3-7-18-10/h3-4,7,9,14H,2,5-6,8H2,1H3,(H,15,16). The maximum atomic E-state index is 12.2. The van der Waals surface area contributed by atoms with Gasteiger partial charge in [0.25, 0.3) is 5.91 Å². The summed E-state index contributed by atoms with van der Waals surface area (Å²) in [6.45, 7) is 1.81. The minimum Gasteiger partial charge on any atom is -0.481 e. The van der Waals surface area contributed by atoms with Gasteiger partial charge in [0.15, 0.2) is 0 Å². The Kier molecular flexibility index (Phi) is 5.80. The molecule has 1 aromatic heterocycles. The molecule has 1 unspecified atom stereocenters. The number of carbonyl (C=O) groups is 2. The van der Waals surface area contributed by atoms with Gasteiger partial charge in [0.2, 0.25) is 0 Å². The minimum atomic E-state index is -0.952. The van der Waals surface area contributed by atoms with Crippen molar-refractivity contribution in [3.05, 3.63) is 22.4 Å². The van der Waals surface area contributed by atoms with Crippen molar-refractivity contribution in [1.29, 1.82) is 0 Å². The average molecular weight is 271 g/mol. The first kappa shape index (κ1) is 14.7. The maximum Gasteiger partial charge on any atom is 0.305 e. The highest BCUT2D eigenvalue weighted by Gasteiger charge is 2.24. The van der Waals surface area contributed by atoms with Crippen LogP contribution in [-0.2, 0) is 4.79 Å². The lowest BCUT2D eigenvalue weighted by atomic mass is 10.2. The molecule has 0 spiro atoms. The maximum absolute atomic E-state index is 12.2. The Morgan fingerprint density at radius 2 is 2.22 bits per heavy atom. The second kappa shape index (κ2) is 7.13. The van der Waals surface area contributed by atoms with Crippen LogP contribution in [0.3, 0.4) is 0 Å². The van der Waals surface area contributed by atoms with Crippen LogP contribution < -0.4 is 0 Å². The van der Waals surface area contributed by atoms with Crippen molar-refractivity contribution >= 4 is 23.2 Å². The van der Waals surface area contributed by atoms with E-state index in [9.17, 15) is 14.7 Å². The van der Waals surface area contributed by atoms with Crippen LogP contribution in [0.15, 0.2) is 17.5 Å². The van der Waals surface area contributed by atoms with E-state index in [4.69, 9.17) is 5.11 Å². The highest BCUT2D eigenvalue weighted by molar-refractivity contribution is 7.12. The molecule has 0 aliphatic heterocycles. The predicted octanol–water partition coefficient (Wildman–Crippen LogP) is 1.44. The quantitative estimate of drug-likeness (QED) is 0.786. The Morgan fingerprint density at radius 1 is 1.50 bits per heavy atom. The molecule has 0 bridgehead atoms. The van der Waals surface area contributed by atoms with Crippen LogP contribution in [0, 0.1) is 0 Å². The molecule has 2 N–H and O–H groups in total. The number of carboxylic acid groups (broad SMARTS) is 1. The fraction of sp³-hybridized carbons (Fsp3) is 0.500. The molecule has 100 valence electrons. The molecule has 6 heteroatoms. The van der Waals surface area contributed by atoms with Crippen LogP contribution in [0.5, 0.6) is 0 Å². The summed E-state index contributed by atoms with van der Waals surface area (Å²) >= 11 is 1.31. The highest BCUT2D eigenvalue weighted by Crippen LogP contribution is 2.15. The summed E-state index contributed by atoms with van der Waals surface area (Å²) < 4.78 is 0. The first-order chi connectivity index (χ1) is 8.60. The van der Waals surface area contributed by atoms with E-state index < -0.39 is 5.97 Å². The number of aliphatic hydroxyl groups excluding tert-OH is 1. The topological polar surface area (TPSA) is 77.8 Å². The Hall–Kier alpha value is -1.40. The molecule has 1 heterocycles. The average Bonchev–Trinajstić information content (AvgIpc) is 2.87. The molecular weight excluding hydrogens is 254 g/mol. The van der Waals surface area contributed by atoms with Gasteiger partial charge in [0.1, 0.15) is 0 Å². The molecule has 0 aromatic carbocycles. The smallest absolute Gasteiger partial charge is 0.305 e. The number of rotatable bonds is 7. The van der Waals surface area contributed by atoms with Crippen molar-refractivity contribution in [2.24, 2.45) is 0 Å². The van der Waals surface area contributed by atoms with Crippen LogP contribution in [0.1, 0.15) is 29.4 Å². The number of hydrogen-bond donors (Lipinski definition) is 2. The number of carboxylic acids is 1. The van der Waals surface area contributed by atoms with Crippen molar-refractivity contribution < 1.29 is 19.8 Å². The zero-order chi connectivity index (χ0) is 13.5. The van der Waals surface area contributed by atoms with Crippen LogP contribution in [0.2, 0.25) is 0 Å². The molecule has 0 fully saturated rings.